The van der Waals surface area contributed by atoms with E-state index in [2.05, 4.69) is 4.72 Å². The minimum atomic E-state index is -3.75. The lowest BCUT2D eigenvalue weighted by molar-refractivity contribution is 0.417. The molecule has 21 heavy (non-hydrogen) atoms. The summed E-state index contributed by atoms with van der Waals surface area (Å²) in [4.78, 5) is 0.0654. The van der Waals surface area contributed by atoms with Crippen LogP contribution in [0.3, 0.4) is 0 Å². The van der Waals surface area contributed by atoms with Crippen molar-refractivity contribution in [2.75, 3.05) is 11.8 Å². The van der Waals surface area contributed by atoms with Crippen molar-refractivity contribution in [2.24, 2.45) is 5.73 Å². The molecule has 5 nitrogen and oxygen atoms in total. The molecule has 2 aromatic carbocycles. The molecule has 0 aliphatic heterocycles. The van der Waals surface area contributed by atoms with Gasteiger partial charge in [0.2, 0.25) is 0 Å². The number of hydrogen-bond acceptors (Lipinski definition) is 4. The van der Waals surface area contributed by atoms with Crippen molar-refractivity contribution in [3.05, 3.63) is 53.1 Å². The third-order valence-corrected chi connectivity index (χ3v) is 4.62. The Bertz CT molecular complexity index is 748. The number of methoxy groups -OCH3 is 1. The number of nitrogens with one attached hydrogen (secondary N) is 1. The number of rotatable bonds is 5. The van der Waals surface area contributed by atoms with Gasteiger partial charge in [-0.25, -0.2) is 8.42 Å². The Balaban J connectivity index is 2.36. The molecule has 0 amide bonds. The smallest absolute Gasteiger partial charge is 0.262 e. The second kappa shape index (κ2) is 6.34. The maximum absolute atomic E-state index is 12.4. The summed E-state index contributed by atoms with van der Waals surface area (Å²) in [6.45, 7) is 0.249. The first-order chi connectivity index (χ1) is 9.97. The Kier molecular flexibility index (Phi) is 4.72. The highest BCUT2D eigenvalue weighted by Gasteiger charge is 2.17. The monoisotopic (exact) mass is 326 g/mol. The highest BCUT2D eigenvalue weighted by molar-refractivity contribution is 7.92. The Morgan fingerprint density at radius 2 is 1.95 bits per heavy atom. The molecule has 0 bridgehead atoms. The van der Waals surface area contributed by atoms with Gasteiger partial charge in [-0.1, -0.05) is 29.8 Å². The third-order valence-electron chi connectivity index (χ3n) is 2.91. The van der Waals surface area contributed by atoms with Crippen LogP contribution in [0.5, 0.6) is 5.75 Å². The number of para-hydroxylation sites is 2. The van der Waals surface area contributed by atoms with Crippen LogP contribution in [0.2, 0.25) is 5.02 Å². The van der Waals surface area contributed by atoms with E-state index in [1.165, 1.54) is 19.2 Å². The fourth-order valence-corrected chi connectivity index (χ4v) is 3.21. The lowest BCUT2D eigenvalue weighted by atomic mass is 10.2. The Hall–Kier alpha value is -1.76. The summed E-state index contributed by atoms with van der Waals surface area (Å²) < 4.78 is 32.3. The summed E-state index contributed by atoms with van der Waals surface area (Å²) >= 11 is 6.00. The summed E-state index contributed by atoms with van der Waals surface area (Å²) in [6.07, 6.45) is 0. The van der Waals surface area contributed by atoms with Gasteiger partial charge in [0.25, 0.3) is 10.0 Å². The van der Waals surface area contributed by atoms with Crippen LogP contribution >= 0.6 is 11.6 Å². The van der Waals surface area contributed by atoms with Crippen LogP contribution in [-0.4, -0.2) is 15.5 Å². The zero-order valence-corrected chi connectivity index (χ0v) is 12.9. The number of sulfonamides is 1. The SMILES string of the molecule is COc1ccccc1NS(=O)(=O)c1ccc(CN)c(Cl)c1. The summed E-state index contributed by atoms with van der Waals surface area (Å²) in [7, 11) is -2.28. The maximum Gasteiger partial charge on any atom is 0.262 e. The van der Waals surface area contributed by atoms with E-state index >= 15 is 0 Å². The van der Waals surface area contributed by atoms with E-state index in [9.17, 15) is 8.42 Å². The first-order valence-electron chi connectivity index (χ1n) is 6.12. The van der Waals surface area contributed by atoms with Gasteiger partial charge in [-0.15, -0.1) is 0 Å². The molecule has 0 aromatic heterocycles. The van der Waals surface area contributed by atoms with Gasteiger partial charge in [0.05, 0.1) is 17.7 Å². The van der Waals surface area contributed by atoms with Crippen LogP contribution < -0.4 is 15.2 Å². The highest BCUT2D eigenvalue weighted by atomic mass is 35.5. The number of halogens is 1. The van der Waals surface area contributed by atoms with Crippen molar-refractivity contribution >= 4 is 27.3 Å². The van der Waals surface area contributed by atoms with E-state index in [0.717, 1.165) is 0 Å². The first-order valence-corrected chi connectivity index (χ1v) is 7.98. The molecule has 3 N–H and O–H groups in total. The quantitative estimate of drug-likeness (QED) is 0.885. The molecule has 0 fully saturated rings. The molecule has 0 spiro atoms. The second-order valence-corrected chi connectivity index (χ2v) is 6.35. The number of benzene rings is 2. The fourth-order valence-electron chi connectivity index (χ4n) is 1.79. The summed E-state index contributed by atoms with van der Waals surface area (Å²) in [5.74, 6) is 0.436. The predicted molar refractivity (Wildman–Crippen MR) is 83.1 cm³/mol. The Labute approximate surface area is 128 Å². The molecular weight excluding hydrogens is 312 g/mol. The maximum atomic E-state index is 12.4. The number of anilines is 1. The average Bonchev–Trinajstić information content (AvgIpc) is 2.47. The second-order valence-electron chi connectivity index (χ2n) is 4.26. The van der Waals surface area contributed by atoms with Crippen molar-refractivity contribution in [1.29, 1.82) is 0 Å². The van der Waals surface area contributed by atoms with Gasteiger partial charge in [0.15, 0.2) is 0 Å². The zero-order valence-electron chi connectivity index (χ0n) is 11.3. The molecule has 7 heteroatoms. The molecule has 0 aliphatic carbocycles. The number of hydrogen-bond donors (Lipinski definition) is 2. The van der Waals surface area contributed by atoms with Crippen molar-refractivity contribution in [3.8, 4) is 5.75 Å². The molecule has 0 atom stereocenters. The molecule has 0 radical (unpaired) electrons. The van der Waals surface area contributed by atoms with E-state index in [4.69, 9.17) is 22.1 Å². The first kappa shape index (κ1) is 15.6. The zero-order chi connectivity index (χ0) is 15.5. The van der Waals surface area contributed by atoms with E-state index in [-0.39, 0.29) is 11.4 Å². The van der Waals surface area contributed by atoms with Gasteiger partial charge >= 0.3 is 0 Å². The highest BCUT2D eigenvalue weighted by Crippen LogP contribution is 2.27. The molecular formula is C14H15ClN2O3S. The van der Waals surface area contributed by atoms with E-state index < -0.39 is 10.0 Å². The van der Waals surface area contributed by atoms with Crippen LogP contribution in [0, 0.1) is 0 Å². The summed E-state index contributed by atoms with van der Waals surface area (Å²) in [5, 5.41) is 0.320. The van der Waals surface area contributed by atoms with E-state index in [1.54, 1.807) is 30.3 Å². The van der Waals surface area contributed by atoms with Gasteiger partial charge in [0.1, 0.15) is 5.75 Å². The lowest BCUT2D eigenvalue weighted by Crippen LogP contribution is -2.14. The van der Waals surface area contributed by atoms with Crippen molar-refractivity contribution in [3.63, 3.8) is 0 Å². The van der Waals surface area contributed by atoms with Crippen LogP contribution in [0.1, 0.15) is 5.56 Å². The topological polar surface area (TPSA) is 81.4 Å². The molecule has 112 valence electrons. The minimum absolute atomic E-state index is 0.0654. The molecule has 2 rings (SSSR count). The van der Waals surface area contributed by atoms with Gasteiger partial charge in [-0.2, -0.15) is 0 Å². The predicted octanol–water partition coefficient (Wildman–Crippen LogP) is 2.61. The molecule has 0 heterocycles. The molecule has 0 unspecified atom stereocenters. The average molecular weight is 327 g/mol. The fraction of sp³-hybridized carbons (Fsp3) is 0.143. The van der Waals surface area contributed by atoms with Crippen LogP contribution in [0.4, 0.5) is 5.69 Å². The number of nitrogens with two attached hydrogens (primary N) is 1. The largest absolute Gasteiger partial charge is 0.495 e. The van der Waals surface area contributed by atoms with Crippen molar-refractivity contribution < 1.29 is 13.2 Å². The van der Waals surface area contributed by atoms with Gasteiger partial charge < -0.3 is 10.5 Å². The van der Waals surface area contributed by atoms with Crippen LogP contribution in [0.25, 0.3) is 0 Å². The van der Waals surface area contributed by atoms with Gasteiger partial charge in [-0.3, -0.25) is 4.72 Å². The van der Waals surface area contributed by atoms with E-state index in [1.807, 2.05) is 0 Å². The van der Waals surface area contributed by atoms with Crippen molar-refractivity contribution in [2.45, 2.75) is 11.4 Å². The standard InChI is InChI=1S/C14H15ClN2O3S/c1-20-14-5-3-2-4-13(14)17-21(18,19)11-7-6-10(9-16)12(15)8-11/h2-8,17H,9,16H2,1H3. The summed E-state index contributed by atoms with van der Waals surface area (Å²) in [5.41, 5.74) is 6.55. The lowest BCUT2D eigenvalue weighted by Gasteiger charge is -2.12. The third kappa shape index (κ3) is 3.47. The van der Waals surface area contributed by atoms with Gasteiger partial charge in [-0.05, 0) is 29.8 Å². The number of ether oxygens (including phenoxy) is 1. The summed E-state index contributed by atoms with van der Waals surface area (Å²) in [6, 6.07) is 11.2. The minimum Gasteiger partial charge on any atom is -0.495 e. The van der Waals surface area contributed by atoms with Crippen LogP contribution in [-0.2, 0) is 16.6 Å². The molecule has 0 aliphatic rings. The van der Waals surface area contributed by atoms with E-state index in [0.29, 0.717) is 22.0 Å². The Morgan fingerprint density at radius 3 is 2.57 bits per heavy atom. The van der Waals surface area contributed by atoms with Crippen LogP contribution in [0.15, 0.2) is 47.4 Å². The molecule has 0 saturated heterocycles. The van der Waals surface area contributed by atoms with Gasteiger partial charge in [0, 0.05) is 11.6 Å². The van der Waals surface area contributed by atoms with Crippen molar-refractivity contribution in [1.82, 2.24) is 0 Å². The Morgan fingerprint density at radius 1 is 1.24 bits per heavy atom. The molecule has 2 aromatic rings. The normalized spacial score (nSPS) is 11.2. The molecule has 0 saturated carbocycles.